The number of hydrogen-bond donors (Lipinski definition) is 1. The Bertz CT molecular complexity index is 649. The van der Waals surface area contributed by atoms with Crippen molar-refractivity contribution in [1.82, 2.24) is 9.62 Å². The van der Waals surface area contributed by atoms with E-state index in [2.05, 4.69) is 5.32 Å². The van der Waals surface area contributed by atoms with Crippen molar-refractivity contribution in [1.29, 1.82) is 0 Å². The van der Waals surface area contributed by atoms with Crippen LogP contribution in [0.1, 0.15) is 31.2 Å². The Morgan fingerprint density at radius 3 is 2.77 bits per heavy atom. The number of carbonyl (C=O) groups excluding carboxylic acids is 1. The van der Waals surface area contributed by atoms with E-state index in [4.69, 9.17) is 4.74 Å². The van der Waals surface area contributed by atoms with E-state index >= 15 is 0 Å². The van der Waals surface area contributed by atoms with Gasteiger partial charge in [0.1, 0.15) is 0 Å². The van der Waals surface area contributed by atoms with Crippen LogP contribution in [0, 0.1) is 5.92 Å². The van der Waals surface area contributed by atoms with E-state index in [1.54, 1.807) is 7.11 Å². The van der Waals surface area contributed by atoms with Crippen molar-refractivity contribution < 1.29 is 17.9 Å². The smallest absolute Gasteiger partial charge is 0.224 e. The lowest BCUT2D eigenvalue weighted by molar-refractivity contribution is -0.126. The Hall–Kier alpha value is -1.44. The molecule has 1 aliphatic heterocycles. The summed E-state index contributed by atoms with van der Waals surface area (Å²) in [5.74, 6) is -0.176. The van der Waals surface area contributed by atoms with Gasteiger partial charge < -0.3 is 10.1 Å². The number of nitrogens with one attached hydrogen (secondary N) is 1. The van der Waals surface area contributed by atoms with E-state index < -0.39 is 10.0 Å². The quantitative estimate of drug-likeness (QED) is 0.626. The molecule has 2 rings (SSSR count). The van der Waals surface area contributed by atoms with E-state index in [0.717, 1.165) is 31.2 Å². The molecule has 0 bridgehead atoms. The number of hydrogen-bond acceptors (Lipinski definition) is 4. The van der Waals surface area contributed by atoms with Crippen molar-refractivity contribution in [2.75, 3.05) is 39.1 Å². The van der Waals surface area contributed by atoms with Gasteiger partial charge in [-0.15, -0.1) is 0 Å². The zero-order valence-electron chi connectivity index (χ0n) is 15.5. The number of piperidine rings is 1. The minimum Gasteiger partial charge on any atom is -0.385 e. The number of aryl methyl sites for hydroxylation is 1. The predicted molar refractivity (Wildman–Crippen MR) is 102 cm³/mol. The second kappa shape index (κ2) is 10.6. The minimum atomic E-state index is -3.32. The third-order valence-corrected chi connectivity index (χ3v) is 6.61. The van der Waals surface area contributed by atoms with Crippen LogP contribution in [0.15, 0.2) is 30.3 Å². The first-order chi connectivity index (χ1) is 12.5. The number of amides is 1. The summed E-state index contributed by atoms with van der Waals surface area (Å²) in [6.07, 6.45) is 3.57. The van der Waals surface area contributed by atoms with Gasteiger partial charge in [0.25, 0.3) is 0 Å². The van der Waals surface area contributed by atoms with Crippen molar-refractivity contribution >= 4 is 15.9 Å². The molecule has 1 amide bonds. The molecule has 1 fully saturated rings. The van der Waals surface area contributed by atoms with Crippen LogP contribution in [0.5, 0.6) is 0 Å². The van der Waals surface area contributed by atoms with Gasteiger partial charge in [-0.1, -0.05) is 30.3 Å². The molecule has 1 atom stereocenters. The summed E-state index contributed by atoms with van der Waals surface area (Å²) < 4.78 is 31.7. The molecule has 0 aromatic heterocycles. The maximum absolute atomic E-state index is 12.6. The number of carbonyl (C=O) groups is 1. The molecule has 1 saturated heterocycles. The van der Waals surface area contributed by atoms with Crippen molar-refractivity contribution in [3.05, 3.63) is 35.9 Å². The molecule has 1 aliphatic rings. The standard InChI is InChI=1S/C19H30N2O4S/c1-25-14-7-12-20-19(22)18-11-5-13-21(16-18)26(23,24)15-6-10-17-8-3-2-4-9-17/h2-4,8-9,18H,5-7,10-16H2,1H3,(H,20,22)/t18-/m0/s1. The first kappa shape index (κ1) is 20.9. The fourth-order valence-corrected chi connectivity index (χ4v) is 4.80. The highest BCUT2D eigenvalue weighted by Crippen LogP contribution is 2.20. The topological polar surface area (TPSA) is 75.7 Å². The van der Waals surface area contributed by atoms with Crippen LogP contribution < -0.4 is 5.32 Å². The maximum atomic E-state index is 12.6. The molecule has 1 N–H and O–H groups in total. The highest BCUT2D eigenvalue weighted by atomic mass is 32.2. The maximum Gasteiger partial charge on any atom is 0.224 e. The molecule has 26 heavy (non-hydrogen) atoms. The fraction of sp³-hybridized carbons (Fsp3) is 0.632. The van der Waals surface area contributed by atoms with Crippen molar-refractivity contribution in [2.24, 2.45) is 5.92 Å². The van der Waals surface area contributed by atoms with Crippen molar-refractivity contribution in [2.45, 2.75) is 32.1 Å². The van der Waals surface area contributed by atoms with Crippen LogP contribution >= 0.6 is 0 Å². The predicted octanol–water partition coefficient (Wildman–Crippen LogP) is 1.81. The van der Waals surface area contributed by atoms with Gasteiger partial charge in [-0.3, -0.25) is 4.79 Å². The second-order valence-electron chi connectivity index (χ2n) is 6.74. The number of nitrogens with zero attached hydrogens (tertiary/aromatic N) is 1. The molecule has 7 heteroatoms. The molecular weight excluding hydrogens is 352 g/mol. The third kappa shape index (κ3) is 6.70. The van der Waals surface area contributed by atoms with Gasteiger partial charge in [-0.2, -0.15) is 0 Å². The van der Waals surface area contributed by atoms with Crippen LogP contribution in [-0.4, -0.2) is 57.7 Å². The van der Waals surface area contributed by atoms with Gasteiger partial charge in [0, 0.05) is 33.4 Å². The van der Waals surface area contributed by atoms with Gasteiger partial charge in [0.15, 0.2) is 0 Å². The first-order valence-electron chi connectivity index (χ1n) is 9.31. The summed E-state index contributed by atoms with van der Waals surface area (Å²) in [6, 6.07) is 9.90. The number of sulfonamides is 1. The Balaban J connectivity index is 1.79. The van der Waals surface area contributed by atoms with Gasteiger partial charge in [-0.25, -0.2) is 12.7 Å². The monoisotopic (exact) mass is 382 g/mol. The van der Waals surface area contributed by atoms with E-state index in [9.17, 15) is 13.2 Å². The van der Waals surface area contributed by atoms with Crippen LogP contribution in [-0.2, 0) is 26.0 Å². The van der Waals surface area contributed by atoms with Crippen molar-refractivity contribution in [3.8, 4) is 0 Å². The van der Waals surface area contributed by atoms with Crippen molar-refractivity contribution in [3.63, 3.8) is 0 Å². The molecule has 1 heterocycles. The van der Waals surface area contributed by atoms with E-state index in [-0.39, 0.29) is 17.6 Å². The lowest BCUT2D eigenvalue weighted by Crippen LogP contribution is -2.46. The van der Waals surface area contributed by atoms with Crippen LogP contribution in [0.2, 0.25) is 0 Å². The Kier molecular flexibility index (Phi) is 8.54. The zero-order valence-corrected chi connectivity index (χ0v) is 16.3. The summed E-state index contributed by atoms with van der Waals surface area (Å²) in [6.45, 7) is 1.98. The third-order valence-electron chi connectivity index (χ3n) is 4.68. The lowest BCUT2D eigenvalue weighted by atomic mass is 9.99. The fourth-order valence-electron chi connectivity index (χ4n) is 3.21. The molecule has 0 unspecified atom stereocenters. The minimum absolute atomic E-state index is 0.0507. The molecule has 0 aliphatic carbocycles. The normalized spacial score (nSPS) is 18.6. The molecule has 146 valence electrons. The Morgan fingerprint density at radius 2 is 2.04 bits per heavy atom. The Morgan fingerprint density at radius 1 is 1.27 bits per heavy atom. The van der Waals surface area contributed by atoms with E-state index in [1.807, 2.05) is 30.3 Å². The Labute approximate surface area is 157 Å². The molecule has 1 aromatic carbocycles. The van der Waals surface area contributed by atoms with Gasteiger partial charge in [-0.05, 0) is 37.7 Å². The number of benzene rings is 1. The molecule has 0 radical (unpaired) electrons. The van der Waals surface area contributed by atoms with Crippen LogP contribution in [0.3, 0.4) is 0 Å². The summed E-state index contributed by atoms with van der Waals surface area (Å²) in [4.78, 5) is 12.3. The zero-order chi connectivity index (χ0) is 18.8. The van der Waals surface area contributed by atoms with Gasteiger partial charge in [0.2, 0.25) is 15.9 Å². The number of ether oxygens (including phenoxy) is 1. The average molecular weight is 383 g/mol. The highest BCUT2D eigenvalue weighted by Gasteiger charge is 2.31. The number of rotatable bonds is 10. The molecular formula is C19H30N2O4S. The van der Waals surface area contributed by atoms with E-state index in [0.29, 0.717) is 32.7 Å². The lowest BCUT2D eigenvalue weighted by Gasteiger charge is -2.31. The summed E-state index contributed by atoms with van der Waals surface area (Å²) >= 11 is 0. The average Bonchev–Trinajstić information content (AvgIpc) is 2.66. The molecule has 0 spiro atoms. The molecule has 1 aromatic rings. The summed E-state index contributed by atoms with van der Waals surface area (Å²) in [5.41, 5.74) is 1.15. The molecule has 6 nitrogen and oxygen atoms in total. The number of methoxy groups -OCH3 is 1. The van der Waals surface area contributed by atoms with E-state index in [1.165, 1.54) is 4.31 Å². The summed E-state index contributed by atoms with van der Waals surface area (Å²) in [5, 5.41) is 2.88. The van der Waals surface area contributed by atoms with Crippen LogP contribution in [0.4, 0.5) is 0 Å². The largest absolute Gasteiger partial charge is 0.385 e. The second-order valence-corrected chi connectivity index (χ2v) is 8.83. The highest BCUT2D eigenvalue weighted by molar-refractivity contribution is 7.89. The first-order valence-corrected chi connectivity index (χ1v) is 10.9. The molecule has 0 saturated carbocycles. The van der Waals surface area contributed by atoms with Gasteiger partial charge >= 0.3 is 0 Å². The van der Waals surface area contributed by atoms with Gasteiger partial charge in [0.05, 0.1) is 11.7 Å². The summed E-state index contributed by atoms with van der Waals surface area (Å²) in [7, 11) is -1.69. The van der Waals surface area contributed by atoms with Crippen LogP contribution in [0.25, 0.3) is 0 Å². The SMILES string of the molecule is COCCCNC(=O)[C@H]1CCCN(S(=O)(=O)CCCc2ccccc2)C1.